The van der Waals surface area contributed by atoms with Crippen molar-refractivity contribution < 1.29 is 9.53 Å². The molecular formula is C17H28N2O2. The highest BCUT2D eigenvalue weighted by Crippen LogP contribution is 2.19. The van der Waals surface area contributed by atoms with Crippen LogP contribution in [0.25, 0.3) is 0 Å². The average Bonchev–Trinajstić information content (AvgIpc) is 2.46. The number of carbonyl (C=O) groups excluding carboxylic acids is 1. The van der Waals surface area contributed by atoms with Gasteiger partial charge in [-0.15, -0.1) is 0 Å². The molecule has 4 nitrogen and oxygen atoms in total. The Balaban J connectivity index is 2.48. The third-order valence-corrected chi connectivity index (χ3v) is 3.70. The quantitative estimate of drug-likeness (QED) is 0.774. The highest BCUT2D eigenvalue weighted by atomic mass is 16.5. The van der Waals surface area contributed by atoms with Crippen molar-refractivity contribution in [1.29, 1.82) is 0 Å². The summed E-state index contributed by atoms with van der Waals surface area (Å²) in [6.07, 6.45) is 2.82. The van der Waals surface area contributed by atoms with Gasteiger partial charge >= 0.3 is 0 Å². The molecule has 3 N–H and O–H groups in total. The molecule has 118 valence electrons. The maximum atomic E-state index is 12.2. The molecule has 0 aliphatic rings. The fourth-order valence-corrected chi connectivity index (χ4v) is 2.23. The minimum Gasteiger partial charge on any atom is -0.497 e. The third kappa shape index (κ3) is 6.17. The molecule has 0 radical (unpaired) electrons. The van der Waals surface area contributed by atoms with Crippen LogP contribution in [0, 0.1) is 5.92 Å². The zero-order valence-electron chi connectivity index (χ0n) is 13.6. The molecule has 4 heteroatoms. The van der Waals surface area contributed by atoms with Crippen LogP contribution in [0.1, 0.15) is 51.6 Å². The molecule has 0 saturated heterocycles. The van der Waals surface area contributed by atoms with Crippen LogP contribution in [0.2, 0.25) is 0 Å². The Morgan fingerprint density at radius 3 is 2.62 bits per heavy atom. The zero-order chi connectivity index (χ0) is 15.8. The van der Waals surface area contributed by atoms with E-state index in [4.69, 9.17) is 10.5 Å². The van der Waals surface area contributed by atoms with Crippen LogP contribution in [-0.2, 0) is 4.79 Å². The lowest BCUT2D eigenvalue weighted by atomic mass is 10.0. The molecule has 1 aromatic rings. The monoisotopic (exact) mass is 292 g/mol. The van der Waals surface area contributed by atoms with Crippen LogP contribution in [0.4, 0.5) is 0 Å². The van der Waals surface area contributed by atoms with E-state index in [9.17, 15) is 4.79 Å². The van der Waals surface area contributed by atoms with E-state index in [1.54, 1.807) is 7.11 Å². The molecule has 2 unspecified atom stereocenters. The fraction of sp³-hybridized carbons (Fsp3) is 0.588. The van der Waals surface area contributed by atoms with E-state index in [1.807, 2.05) is 45.0 Å². The Kier molecular flexibility index (Phi) is 7.23. The topological polar surface area (TPSA) is 64.3 Å². The smallest absolute Gasteiger partial charge is 0.223 e. The molecule has 1 rings (SSSR count). The van der Waals surface area contributed by atoms with Gasteiger partial charge in [0.05, 0.1) is 13.2 Å². The number of nitrogens with two attached hydrogens (primary N) is 1. The van der Waals surface area contributed by atoms with Crippen molar-refractivity contribution in [2.75, 3.05) is 7.11 Å². The lowest BCUT2D eigenvalue weighted by molar-refractivity contribution is -0.125. The van der Waals surface area contributed by atoms with E-state index in [0.717, 1.165) is 30.6 Å². The molecule has 1 aromatic carbocycles. The van der Waals surface area contributed by atoms with Gasteiger partial charge in [0.1, 0.15) is 5.75 Å². The van der Waals surface area contributed by atoms with E-state index < -0.39 is 0 Å². The molecule has 0 aliphatic carbocycles. The summed E-state index contributed by atoms with van der Waals surface area (Å²) in [4.78, 5) is 12.2. The van der Waals surface area contributed by atoms with E-state index in [2.05, 4.69) is 5.32 Å². The molecule has 1 amide bonds. The van der Waals surface area contributed by atoms with Gasteiger partial charge in [0.15, 0.2) is 0 Å². The first-order chi connectivity index (χ1) is 9.93. The van der Waals surface area contributed by atoms with E-state index in [0.29, 0.717) is 0 Å². The first-order valence-corrected chi connectivity index (χ1v) is 7.64. The third-order valence-electron chi connectivity index (χ3n) is 3.70. The Morgan fingerprint density at radius 1 is 1.29 bits per heavy atom. The molecule has 0 aromatic heterocycles. The number of methoxy groups -OCH3 is 1. The summed E-state index contributed by atoms with van der Waals surface area (Å²) in [7, 11) is 1.64. The van der Waals surface area contributed by atoms with Crippen molar-refractivity contribution in [3.63, 3.8) is 0 Å². The van der Waals surface area contributed by atoms with Gasteiger partial charge in [0, 0.05) is 12.0 Å². The zero-order valence-corrected chi connectivity index (χ0v) is 13.6. The molecule has 0 spiro atoms. The predicted octanol–water partition coefficient (Wildman–Crippen LogP) is 3.03. The first-order valence-electron chi connectivity index (χ1n) is 7.64. The van der Waals surface area contributed by atoms with E-state index in [1.165, 1.54) is 0 Å². The number of hydrogen-bond donors (Lipinski definition) is 2. The number of ether oxygens (including phenoxy) is 1. The van der Waals surface area contributed by atoms with Gasteiger partial charge in [-0.2, -0.15) is 0 Å². The Bertz CT molecular complexity index is 446. The number of carbonyl (C=O) groups is 1. The second kappa shape index (κ2) is 8.67. The molecule has 0 saturated carbocycles. The Morgan fingerprint density at radius 2 is 2.00 bits per heavy atom. The normalized spacial score (nSPS) is 15.1. The van der Waals surface area contributed by atoms with Crippen LogP contribution in [0.15, 0.2) is 24.3 Å². The number of rotatable bonds is 8. The van der Waals surface area contributed by atoms with Gasteiger partial charge in [0.25, 0.3) is 0 Å². The van der Waals surface area contributed by atoms with Crippen molar-refractivity contribution in [1.82, 2.24) is 5.32 Å². The average molecular weight is 292 g/mol. The highest BCUT2D eigenvalue weighted by molar-refractivity contribution is 5.78. The number of benzene rings is 1. The van der Waals surface area contributed by atoms with Crippen LogP contribution >= 0.6 is 0 Å². The standard InChI is InChI=1S/C17H28N2O2/c1-12(7-5-8-13(2)18)17(20)19-14(3)15-9-6-10-16(11-15)21-4/h6,9-14H,5,7-8,18H2,1-4H3,(H,19,20)/t12?,13?,14-/m0/s1. The predicted molar refractivity (Wildman–Crippen MR) is 86.2 cm³/mol. The highest BCUT2D eigenvalue weighted by Gasteiger charge is 2.16. The largest absolute Gasteiger partial charge is 0.497 e. The van der Waals surface area contributed by atoms with Gasteiger partial charge in [-0.25, -0.2) is 0 Å². The molecule has 3 atom stereocenters. The minimum atomic E-state index is -0.0246. The number of nitrogens with one attached hydrogen (secondary N) is 1. The molecular weight excluding hydrogens is 264 g/mol. The molecule has 0 heterocycles. The van der Waals surface area contributed by atoms with Gasteiger partial charge in [-0.3, -0.25) is 4.79 Å². The van der Waals surface area contributed by atoms with E-state index in [-0.39, 0.29) is 23.9 Å². The van der Waals surface area contributed by atoms with Crippen molar-refractivity contribution in [3.05, 3.63) is 29.8 Å². The molecule has 0 aliphatic heterocycles. The van der Waals surface area contributed by atoms with Gasteiger partial charge < -0.3 is 15.8 Å². The molecule has 0 fully saturated rings. The van der Waals surface area contributed by atoms with Crippen molar-refractivity contribution in [2.24, 2.45) is 11.7 Å². The molecule has 0 bridgehead atoms. The van der Waals surface area contributed by atoms with Crippen LogP contribution in [0.5, 0.6) is 5.75 Å². The second-order valence-electron chi connectivity index (χ2n) is 5.82. The van der Waals surface area contributed by atoms with Crippen LogP contribution < -0.4 is 15.8 Å². The summed E-state index contributed by atoms with van der Waals surface area (Å²) in [5.41, 5.74) is 6.77. The van der Waals surface area contributed by atoms with Crippen molar-refractivity contribution in [2.45, 2.75) is 52.1 Å². The van der Waals surface area contributed by atoms with Crippen molar-refractivity contribution >= 4 is 5.91 Å². The van der Waals surface area contributed by atoms with Gasteiger partial charge in [-0.1, -0.05) is 25.5 Å². The fourth-order valence-electron chi connectivity index (χ4n) is 2.23. The summed E-state index contributed by atoms with van der Waals surface area (Å²) in [6, 6.07) is 7.96. The first kappa shape index (κ1) is 17.5. The number of hydrogen-bond acceptors (Lipinski definition) is 3. The maximum Gasteiger partial charge on any atom is 0.223 e. The summed E-state index contributed by atoms with van der Waals surface area (Å²) in [5.74, 6) is 0.908. The summed E-state index contributed by atoms with van der Waals surface area (Å²) in [5, 5.41) is 3.06. The summed E-state index contributed by atoms with van der Waals surface area (Å²) in [6.45, 7) is 5.95. The SMILES string of the molecule is COc1cccc([C@H](C)NC(=O)C(C)CCCC(C)N)c1. The Labute approximate surface area is 128 Å². The Hall–Kier alpha value is -1.55. The maximum absolute atomic E-state index is 12.2. The van der Waals surface area contributed by atoms with E-state index >= 15 is 0 Å². The molecule has 21 heavy (non-hydrogen) atoms. The lowest BCUT2D eigenvalue weighted by Crippen LogP contribution is -2.31. The van der Waals surface area contributed by atoms with Crippen LogP contribution in [-0.4, -0.2) is 19.1 Å². The lowest BCUT2D eigenvalue weighted by Gasteiger charge is -2.18. The van der Waals surface area contributed by atoms with Gasteiger partial charge in [-0.05, 0) is 44.4 Å². The minimum absolute atomic E-state index is 0.0109. The van der Waals surface area contributed by atoms with Gasteiger partial charge in [0.2, 0.25) is 5.91 Å². The van der Waals surface area contributed by atoms with Crippen molar-refractivity contribution in [3.8, 4) is 5.75 Å². The summed E-state index contributed by atoms with van der Waals surface area (Å²) < 4.78 is 5.21. The van der Waals surface area contributed by atoms with Crippen LogP contribution in [0.3, 0.4) is 0 Å². The summed E-state index contributed by atoms with van der Waals surface area (Å²) >= 11 is 0. The number of amides is 1. The second-order valence-corrected chi connectivity index (χ2v) is 5.82.